The summed E-state index contributed by atoms with van der Waals surface area (Å²) in [5.74, 6) is 0.788. The second-order valence-electron chi connectivity index (χ2n) is 6.12. The fraction of sp³-hybridized carbons (Fsp3) is 0.412. The van der Waals surface area contributed by atoms with Crippen LogP contribution in [0.25, 0.3) is 0 Å². The number of aliphatic imine (C=N–C) groups is 1. The molecule has 2 rings (SSSR count). The lowest BCUT2D eigenvalue weighted by atomic mass is 9.85. The Morgan fingerprint density at radius 2 is 1.91 bits per heavy atom. The average Bonchev–Trinajstić information content (AvgIpc) is 2.93. The van der Waals surface area contributed by atoms with Gasteiger partial charge in [-0.25, -0.2) is 0 Å². The Morgan fingerprint density at radius 3 is 2.48 bits per heavy atom. The molecule has 0 aliphatic heterocycles. The molecule has 0 radical (unpaired) electrons. The fourth-order valence-electron chi connectivity index (χ4n) is 2.28. The third-order valence-corrected chi connectivity index (χ3v) is 4.44. The van der Waals surface area contributed by atoms with Gasteiger partial charge in [-0.1, -0.05) is 41.9 Å². The summed E-state index contributed by atoms with van der Waals surface area (Å²) >= 11 is 3.48. The van der Waals surface area contributed by atoms with Crippen LogP contribution in [0.4, 0.5) is 0 Å². The van der Waals surface area contributed by atoms with Gasteiger partial charge in [0.15, 0.2) is 5.96 Å². The van der Waals surface area contributed by atoms with Crippen molar-refractivity contribution in [2.75, 3.05) is 13.6 Å². The highest BCUT2D eigenvalue weighted by atomic mass is 79.9. The lowest BCUT2D eigenvalue weighted by molar-refractivity contribution is 0.508. The van der Waals surface area contributed by atoms with Crippen LogP contribution in [0.3, 0.4) is 0 Å². The fourth-order valence-corrected chi connectivity index (χ4v) is 2.54. The van der Waals surface area contributed by atoms with E-state index in [0.717, 1.165) is 22.7 Å². The molecule has 0 amide bonds. The third kappa shape index (κ3) is 4.82. The Hall–Kier alpha value is -1.82. The Bertz CT molecular complexity index is 658. The van der Waals surface area contributed by atoms with Crippen LogP contribution in [-0.2, 0) is 19.0 Å². The molecule has 0 aliphatic rings. The SMILES string of the molecule is CN=C(NCc1ccnn1C)NCC(C)(C)c1ccc(Br)cc1. The first kappa shape index (κ1) is 17.5. The molecule has 1 aromatic heterocycles. The summed E-state index contributed by atoms with van der Waals surface area (Å²) in [6, 6.07) is 10.4. The molecule has 2 N–H and O–H groups in total. The molecule has 5 nitrogen and oxygen atoms in total. The number of aromatic nitrogens is 2. The number of guanidine groups is 1. The Balaban J connectivity index is 1.91. The second-order valence-corrected chi connectivity index (χ2v) is 7.03. The van der Waals surface area contributed by atoms with Gasteiger partial charge in [0.25, 0.3) is 0 Å². The minimum absolute atomic E-state index is 0.00481. The highest BCUT2D eigenvalue weighted by molar-refractivity contribution is 9.10. The van der Waals surface area contributed by atoms with E-state index in [0.29, 0.717) is 6.54 Å². The molecule has 0 spiro atoms. The predicted molar refractivity (Wildman–Crippen MR) is 98.6 cm³/mol. The van der Waals surface area contributed by atoms with Crippen LogP contribution in [-0.4, -0.2) is 29.3 Å². The first-order valence-electron chi connectivity index (χ1n) is 7.60. The average molecular weight is 378 g/mol. The van der Waals surface area contributed by atoms with E-state index in [-0.39, 0.29) is 5.41 Å². The zero-order valence-electron chi connectivity index (χ0n) is 14.1. The van der Waals surface area contributed by atoms with Crippen molar-refractivity contribution in [3.63, 3.8) is 0 Å². The molecule has 0 atom stereocenters. The number of aryl methyl sites for hydroxylation is 1. The maximum Gasteiger partial charge on any atom is 0.191 e. The Kier molecular flexibility index (Phi) is 5.82. The summed E-state index contributed by atoms with van der Waals surface area (Å²) < 4.78 is 2.95. The number of benzene rings is 1. The van der Waals surface area contributed by atoms with Crippen molar-refractivity contribution in [2.24, 2.45) is 12.0 Å². The molecule has 0 saturated heterocycles. The third-order valence-electron chi connectivity index (χ3n) is 3.91. The summed E-state index contributed by atoms with van der Waals surface area (Å²) in [5, 5.41) is 10.9. The van der Waals surface area contributed by atoms with Crippen molar-refractivity contribution in [3.8, 4) is 0 Å². The van der Waals surface area contributed by atoms with Gasteiger partial charge in [0.2, 0.25) is 0 Å². The second kappa shape index (κ2) is 7.64. The lowest BCUT2D eigenvalue weighted by Gasteiger charge is -2.27. The maximum absolute atomic E-state index is 4.29. The van der Waals surface area contributed by atoms with Gasteiger partial charge >= 0.3 is 0 Å². The standard InChI is InChI=1S/C17H24BrN5/c1-17(2,13-5-7-14(18)8-6-13)12-21-16(19-3)20-11-15-9-10-22-23(15)4/h5-10H,11-12H2,1-4H3,(H2,19,20,21). The van der Waals surface area contributed by atoms with Crippen molar-refractivity contribution in [1.29, 1.82) is 0 Å². The summed E-state index contributed by atoms with van der Waals surface area (Å²) in [6.07, 6.45) is 1.80. The monoisotopic (exact) mass is 377 g/mol. The molecule has 6 heteroatoms. The Labute approximate surface area is 146 Å². The molecule has 2 aromatic rings. The molecule has 124 valence electrons. The van der Waals surface area contributed by atoms with Crippen LogP contribution >= 0.6 is 15.9 Å². The van der Waals surface area contributed by atoms with Gasteiger partial charge < -0.3 is 10.6 Å². The quantitative estimate of drug-likeness (QED) is 0.622. The molecule has 0 saturated carbocycles. The molecular formula is C17H24BrN5. The van der Waals surface area contributed by atoms with Crippen molar-refractivity contribution < 1.29 is 0 Å². The van der Waals surface area contributed by atoms with E-state index >= 15 is 0 Å². The highest BCUT2D eigenvalue weighted by Crippen LogP contribution is 2.23. The van der Waals surface area contributed by atoms with Gasteiger partial charge in [-0.15, -0.1) is 0 Å². The summed E-state index contributed by atoms with van der Waals surface area (Å²) in [4.78, 5) is 4.29. The van der Waals surface area contributed by atoms with Gasteiger partial charge in [0.05, 0.1) is 12.2 Å². The van der Waals surface area contributed by atoms with E-state index in [1.807, 2.05) is 17.8 Å². The zero-order valence-corrected chi connectivity index (χ0v) is 15.7. The molecule has 1 aromatic carbocycles. The van der Waals surface area contributed by atoms with Crippen molar-refractivity contribution >= 4 is 21.9 Å². The topological polar surface area (TPSA) is 54.2 Å². The smallest absolute Gasteiger partial charge is 0.191 e. The summed E-state index contributed by atoms with van der Waals surface area (Å²) in [7, 11) is 3.72. The lowest BCUT2D eigenvalue weighted by Crippen LogP contribution is -2.43. The van der Waals surface area contributed by atoms with E-state index < -0.39 is 0 Å². The summed E-state index contributed by atoms with van der Waals surface area (Å²) in [5.41, 5.74) is 2.40. The first-order valence-corrected chi connectivity index (χ1v) is 8.39. The maximum atomic E-state index is 4.29. The van der Waals surface area contributed by atoms with E-state index in [2.05, 4.69) is 74.8 Å². The van der Waals surface area contributed by atoms with Crippen LogP contribution in [0.15, 0.2) is 46.0 Å². The molecule has 1 heterocycles. The molecule has 0 fully saturated rings. The minimum atomic E-state index is 0.00481. The van der Waals surface area contributed by atoms with Crippen molar-refractivity contribution in [1.82, 2.24) is 20.4 Å². The van der Waals surface area contributed by atoms with Gasteiger partial charge in [-0.2, -0.15) is 5.10 Å². The number of hydrogen-bond acceptors (Lipinski definition) is 2. The number of nitrogens with zero attached hydrogens (tertiary/aromatic N) is 3. The Morgan fingerprint density at radius 1 is 1.22 bits per heavy atom. The first-order chi connectivity index (χ1) is 10.9. The van der Waals surface area contributed by atoms with E-state index in [9.17, 15) is 0 Å². The largest absolute Gasteiger partial charge is 0.356 e. The predicted octanol–water partition coefficient (Wildman–Crippen LogP) is 2.83. The molecule has 23 heavy (non-hydrogen) atoms. The number of rotatable bonds is 5. The number of hydrogen-bond donors (Lipinski definition) is 2. The molecule has 0 bridgehead atoms. The van der Waals surface area contributed by atoms with Crippen molar-refractivity contribution in [3.05, 3.63) is 52.3 Å². The zero-order chi connectivity index (χ0) is 16.9. The molecule has 0 unspecified atom stereocenters. The van der Waals surface area contributed by atoms with Crippen LogP contribution in [0.1, 0.15) is 25.1 Å². The molecular weight excluding hydrogens is 354 g/mol. The van der Waals surface area contributed by atoms with E-state index in [1.165, 1.54) is 5.56 Å². The molecule has 0 aliphatic carbocycles. The van der Waals surface area contributed by atoms with Crippen molar-refractivity contribution in [2.45, 2.75) is 25.8 Å². The number of halogens is 1. The highest BCUT2D eigenvalue weighted by Gasteiger charge is 2.20. The van der Waals surface area contributed by atoms with Crippen LogP contribution in [0.5, 0.6) is 0 Å². The van der Waals surface area contributed by atoms with E-state index in [1.54, 1.807) is 13.2 Å². The van der Waals surface area contributed by atoms with Gasteiger partial charge in [0, 0.05) is 36.7 Å². The van der Waals surface area contributed by atoms with Gasteiger partial charge in [0.1, 0.15) is 0 Å². The summed E-state index contributed by atoms with van der Waals surface area (Å²) in [6.45, 7) is 5.92. The van der Waals surface area contributed by atoms with E-state index in [4.69, 9.17) is 0 Å². The van der Waals surface area contributed by atoms with Gasteiger partial charge in [-0.05, 0) is 23.8 Å². The normalized spacial score (nSPS) is 12.3. The van der Waals surface area contributed by atoms with Crippen LogP contribution in [0.2, 0.25) is 0 Å². The number of nitrogens with one attached hydrogen (secondary N) is 2. The minimum Gasteiger partial charge on any atom is -0.356 e. The van der Waals surface area contributed by atoms with Crippen LogP contribution in [0, 0.1) is 0 Å². The van der Waals surface area contributed by atoms with Crippen LogP contribution < -0.4 is 10.6 Å². The van der Waals surface area contributed by atoms with Gasteiger partial charge in [-0.3, -0.25) is 9.67 Å².